The van der Waals surface area contributed by atoms with Crippen molar-refractivity contribution in [2.24, 2.45) is 0 Å². The third-order valence-electron chi connectivity index (χ3n) is 3.92. The van der Waals surface area contributed by atoms with Gasteiger partial charge in [-0.05, 0) is 31.4 Å². The Morgan fingerprint density at radius 3 is 3.10 bits per heavy atom. The standard InChI is InChI=1S/C15H18N4O/c1-2-5-13-12(4-1)16-8-3-9-19(13)10-14-17-15(18-20-14)11-6-7-11/h1-2,4-5,11,16H,3,6-10H2. The molecule has 5 heteroatoms. The summed E-state index contributed by atoms with van der Waals surface area (Å²) in [5.74, 6) is 2.16. The Labute approximate surface area is 118 Å². The van der Waals surface area contributed by atoms with E-state index in [2.05, 4.69) is 44.6 Å². The zero-order valence-corrected chi connectivity index (χ0v) is 11.4. The summed E-state index contributed by atoms with van der Waals surface area (Å²) in [5, 5.41) is 7.56. The van der Waals surface area contributed by atoms with E-state index in [4.69, 9.17) is 4.52 Å². The fourth-order valence-electron chi connectivity index (χ4n) is 2.68. The summed E-state index contributed by atoms with van der Waals surface area (Å²) in [6.45, 7) is 2.70. The van der Waals surface area contributed by atoms with Crippen LogP contribution < -0.4 is 10.2 Å². The average molecular weight is 270 g/mol. The summed E-state index contributed by atoms with van der Waals surface area (Å²) in [6.07, 6.45) is 3.52. The van der Waals surface area contributed by atoms with Crippen LogP contribution in [-0.2, 0) is 6.54 Å². The number of nitrogens with one attached hydrogen (secondary N) is 1. The van der Waals surface area contributed by atoms with Crippen LogP contribution in [0.5, 0.6) is 0 Å². The smallest absolute Gasteiger partial charge is 0.246 e. The van der Waals surface area contributed by atoms with Gasteiger partial charge in [0.05, 0.1) is 17.9 Å². The van der Waals surface area contributed by atoms with Gasteiger partial charge in [-0.1, -0.05) is 17.3 Å². The number of rotatable bonds is 3. The van der Waals surface area contributed by atoms with E-state index in [1.165, 1.54) is 24.2 Å². The second-order valence-corrected chi connectivity index (χ2v) is 5.54. The fourth-order valence-corrected chi connectivity index (χ4v) is 2.68. The van der Waals surface area contributed by atoms with Crippen molar-refractivity contribution in [3.8, 4) is 0 Å². The number of hydrogen-bond acceptors (Lipinski definition) is 5. The Morgan fingerprint density at radius 1 is 1.30 bits per heavy atom. The lowest BCUT2D eigenvalue weighted by molar-refractivity contribution is 0.371. The van der Waals surface area contributed by atoms with Crippen LogP contribution in [0.3, 0.4) is 0 Å². The summed E-state index contributed by atoms with van der Waals surface area (Å²) in [5.41, 5.74) is 2.41. The molecule has 1 saturated carbocycles. The Morgan fingerprint density at radius 2 is 2.20 bits per heavy atom. The number of hydrogen-bond donors (Lipinski definition) is 1. The maximum absolute atomic E-state index is 5.40. The molecule has 1 aromatic carbocycles. The Kier molecular flexibility index (Phi) is 2.83. The van der Waals surface area contributed by atoms with E-state index in [0.717, 1.165) is 31.2 Å². The molecule has 5 nitrogen and oxygen atoms in total. The van der Waals surface area contributed by atoms with Crippen LogP contribution >= 0.6 is 0 Å². The number of fused-ring (bicyclic) bond motifs is 1. The van der Waals surface area contributed by atoms with Crippen molar-refractivity contribution in [2.45, 2.75) is 31.7 Å². The molecule has 0 amide bonds. The van der Waals surface area contributed by atoms with Crippen LogP contribution in [0, 0.1) is 0 Å². The van der Waals surface area contributed by atoms with E-state index < -0.39 is 0 Å². The average Bonchev–Trinajstić information content (AvgIpc) is 3.25. The van der Waals surface area contributed by atoms with Gasteiger partial charge in [0.15, 0.2) is 5.82 Å². The summed E-state index contributed by atoms with van der Waals surface area (Å²) >= 11 is 0. The van der Waals surface area contributed by atoms with Gasteiger partial charge in [0.1, 0.15) is 0 Å². The number of nitrogens with zero attached hydrogens (tertiary/aromatic N) is 3. The largest absolute Gasteiger partial charge is 0.383 e. The molecule has 104 valence electrons. The summed E-state index contributed by atoms with van der Waals surface area (Å²) in [7, 11) is 0. The van der Waals surface area contributed by atoms with Crippen LogP contribution in [-0.4, -0.2) is 23.2 Å². The van der Waals surface area contributed by atoms with E-state index >= 15 is 0 Å². The Hall–Kier alpha value is -2.04. The molecule has 2 aliphatic rings. The van der Waals surface area contributed by atoms with Crippen LogP contribution in [0.15, 0.2) is 28.8 Å². The van der Waals surface area contributed by atoms with Crippen molar-refractivity contribution in [2.75, 3.05) is 23.3 Å². The lowest BCUT2D eigenvalue weighted by Gasteiger charge is -2.22. The van der Waals surface area contributed by atoms with Gasteiger partial charge in [0.25, 0.3) is 0 Å². The lowest BCUT2D eigenvalue weighted by Crippen LogP contribution is -2.23. The van der Waals surface area contributed by atoms with Crippen molar-refractivity contribution in [3.63, 3.8) is 0 Å². The molecule has 2 aromatic rings. The Bertz CT molecular complexity index is 605. The zero-order valence-electron chi connectivity index (χ0n) is 11.4. The predicted octanol–water partition coefficient (Wildman–Crippen LogP) is 2.77. The third kappa shape index (κ3) is 2.24. The van der Waals surface area contributed by atoms with E-state index in [1.807, 2.05) is 0 Å². The number of para-hydroxylation sites is 2. The summed E-state index contributed by atoms with van der Waals surface area (Å²) < 4.78 is 5.40. The maximum atomic E-state index is 5.40. The SMILES string of the molecule is c1ccc2c(c1)NCCCN2Cc1nc(C2CC2)no1. The van der Waals surface area contributed by atoms with Crippen LogP contribution in [0.25, 0.3) is 0 Å². The van der Waals surface area contributed by atoms with Gasteiger partial charge >= 0.3 is 0 Å². The van der Waals surface area contributed by atoms with Gasteiger partial charge in [0, 0.05) is 19.0 Å². The molecule has 1 fully saturated rings. The van der Waals surface area contributed by atoms with Crippen LogP contribution in [0.1, 0.15) is 36.9 Å². The van der Waals surface area contributed by atoms with E-state index in [0.29, 0.717) is 12.5 Å². The molecule has 0 unspecified atom stereocenters. The molecular formula is C15H18N4O. The highest BCUT2D eigenvalue weighted by Gasteiger charge is 2.29. The molecule has 1 aliphatic carbocycles. The van der Waals surface area contributed by atoms with Crippen molar-refractivity contribution in [3.05, 3.63) is 36.0 Å². The normalized spacial score (nSPS) is 18.3. The van der Waals surface area contributed by atoms with Gasteiger partial charge in [-0.15, -0.1) is 0 Å². The molecular weight excluding hydrogens is 252 g/mol. The first-order valence-electron chi connectivity index (χ1n) is 7.30. The topological polar surface area (TPSA) is 54.2 Å². The second kappa shape index (κ2) is 4.81. The second-order valence-electron chi connectivity index (χ2n) is 5.54. The third-order valence-corrected chi connectivity index (χ3v) is 3.92. The molecule has 2 heterocycles. The Balaban J connectivity index is 1.57. The van der Waals surface area contributed by atoms with Crippen LogP contribution in [0.4, 0.5) is 11.4 Å². The molecule has 0 bridgehead atoms. The number of anilines is 2. The minimum Gasteiger partial charge on any atom is -0.383 e. The minimum atomic E-state index is 0.547. The summed E-state index contributed by atoms with van der Waals surface area (Å²) in [4.78, 5) is 6.85. The van der Waals surface area contributed by atoms with Gasteiger partial charge in [-0.25, -0.2) is 0 Å². The van der Waals surface area contributed by atoms with Crippen molar-refractivity contribution in [1.29, 1.82) is 0 Å². The fraction of sp³-hybridized carbons (Fsp3) is 0.467. The van der Waals surface area contributed by atoms with Gasteiger partial charge < -0.3 is 14.7 Å². The number of benzene rings is 1. The maximum Gasteiger partial charge on any atom is 0.246 e. The molecule has 1 N–H and O–H groups in total. The molecule has 0 spiro atoms. The monoisotopic (exact) mass is 270 g/mol. The predicted molar refractivity (Wildman–Crippen MR) is 76.9 cm³/mol. The highest BCUT2D eigenvalue weighted by Crippen LogP contribution is 2.38. The van der Waals surface area contributed by atoms with Gasteiger partial charge in [-0.3, -0.25) is 0 Å². The highest BCUT2D eigenvalue weighted by atomic mass is 16.5. The summed E-state index contributed by atoms with van der Waals surface area (Å²) in [6, 6.07) is 8.40. The molecule has 1 aromatic heterocycles. The zero-order chi connectivity index (χ0) is 13.4. The first kappa shape index (κ1) is 11.8. The molecule has 0 atom stereocenters. The van der Waals surface area contributed by atoms with E-state index in [9.17, 15) is 0 Å². The molecule has 1 aliphatic heterocycles. The highest BCUT2D eigenvalue weighted by molar-refractivity contribution is 5.70. The van der Waals surface area contributed by atoms with E-state index in [-0.39, 0.29) is 0 Å². The molecule has 0 radical (unpaired) electrons. The van der Waals surface area contributed by atoms with Crippen molar-refractivity contribution < 1.29 is 4.52 Å². The quantitative estimate of drug-likeness (QED) is 0.929. The van der Waals surface area contributed by atoms with Crippen LogP contribution in [0.2, 0.25) is 0 Å². The molecule has 20 heavy (non-hydrogen) atoms. The minimum absolute atomic E-state index is 0.547. The molecule has 0 saturated heterocycles. The number of aromatic nitrogens is 2. The van der Waals surface area contributed by atoms with Crippen molar-refractivity contribution >= 4 is 11.4 Å². The van der Waals surface area contributed by atoms with Gasteiger partial charge in [0.2, 0.25) is 5.89 Å². The lowest BCUT2D eigenvalue weighted by atomic mass is 10.2. The van der Waals surface area contributed by atoms with Gasteiger partial charge in [-0.2, -0.15) is 4.98 Å². The first-order valence-corrected chi connectivity index (χ1v) is 7.30. The first-order chi connectivity index (χ1) is 9.90. The molecule has 4 rings (SSSR count). The van der Waals surface area contributed by atoms with Crippen molar-refractivity contribution in [1.82, 2.24) is 10.1 Å². The van der Waals surface area contributed by atoms with E-state index in [1.54, 1.807) is 0 Å².